The highest BCUT2D eigenvalue weighted by Gasteiger charge is 2.65. The maximum Gasteiger partial charge on any atom is 0.323 e. The van der Waals surface area contributed by atoms with Gasteiger partial charge >= 0.3 is 5.97 Å². The van der Waals surface area contributed by atoms with Crippen LogP contribution in [0, 0.1) is 16.7 Å². The second-order valence-electron chi connectivity index (χ2n) is 11.4. The molecule has 0 spiro atoms. The molecule has 1 heterocycles. The second kappa shape index (κ2) is 11.7. The highest BCUT2D eigenvalue weighted by atomic mass is 32.2. The van der Waals surface area contributed by atoms with Crippen molar-refractivity contribution in [3.8, 4) is 0 Å². The lowest BCUT2D eigenvalue weighted by Gasteiger charge is -2.36. The minimum Gasteiger partial charge on any atom is -0.480 e. The van der Waals surface area contributed by atoms with Crippen molar-refractivity contribution >= 4 is 39.5 Å². The lowest BCUT2D eigenvalue weighted by molar-refractivity contribution is -0.138. The molecule has 2 saturated carbocycles. The fraction of sp³-hybridized carbons (Fsp3) is 0.593. The van der Waals surface area contributed by atoms with E-state index in [1.807, 2.05) is 13.8 Å². The standard InChI is InChI=1S/C27H37N5O7S/c1-26(2)19-10-11-27(26,21(33)14-19)16-40(38,39)32-20(24(36)37)15-30-23(35)18-7-4-17(5-8-18)6-9-22(34)31-25-28-12-3-13-29-25/h4-5,7-8,19-20,32H,3,6,9-16H2,1-2H3,(H,30,35)(H,36,37)(H2,28,29,31,34)/t19-,20-,27-/m0/s1. The van der Waals surface area contributed by atoms with Gasteiger partial charge in [0.25, 0.3) is 5.91 Å². The number of nitrogens with zero attached hydrogens (tertiary/aromatic N) is 1. The molecule has 1 aliphatic heterocycles. The van der Waals surface area contributed by atoms with Crippen LogP contribution in [0.2, 0.25) is 0 Å². The van der Waals surface area contributed by atoms with E-state index in [-0.39, 0.29) is 29.6 Å². The fourth-order valence-corrected chi connectivity index (χ4v) is 8.09. The summed E-state index contributed by atoms with van der Waals surface area (Å²) in [4.78, 5) is 53.5. The van der Waals surface area contributed by atoms with E-state index >= 15 is 0 Å². The van der Waals surface area contributed by atoms with Gasteiger partial charge < -0.3 is 15.7 Å². The largest absolute Gasteiger partial charge is 0.480 e. The average Bonchev–Trinajstić information content (AvgIpc) is 3.24. The van der Waals surface area contributed by atoms with Crippen LogP contribution in [0.4, 0.5) is 0 Å². The molecule has 0 radical (unpaired) electrons. The summed E-state index contributed by atoms with van der Waals surface area (Å²) >= 11 is 0. The van der Waals surface area contributed by atoms with Crippen LogP contribution in [0.15, 0.2) is 29.3 Å². The number of benzene rings is 1. The number of aliphatic imine (C=N–C) groups is 1. The number of aliphatic carboxylic acids is 1. The molecule has 13 heteroatoms. The van der Waals surface area contributed by atoms with Crippen molar-refractivity contribution in [2.75, 3.05) is 25.4 Å². The Balaban J connectivity index is 1.28. The lowest BCUT2D eigenvalue weighted by atomic mass is 9.70. The molecule has 5 N–H and O–H groups in total. The van der Waals surface area contributed by atoms with Crippen LogP contribution in [0.3, 0.4) is 0 Å². The van der Waals surface area contributed by atoms with E-state index in [0.29, 0.717) is 31.8 Å². The minimum absolute atomic E-state index is 0.0842. The number of ketones is 1. The summed E-state index contributed by atoms with van der Waals surface area (Å²) in [6.45, 7) is 4.78. The van der Waals surface area contributed by atoms with Crippen molar-refractivity contribution < 1.29 is 32.7 Å². The number of hydrogen-bond donors (Lipinski definition) is 5. The number of sulfonamides is 1. The van der Waals surface area contributed by atoms with Crippen molar-refractivity contribution in [1.29, 1.82) is 0 Å². The van der Waals surface area contributed by atoms with Gasteiger partial charge in [0, 0.05) is 43.5 Å². The molecule has 12 nitrogen and oxygen atoms in total. The molecule has 4 rings (SSSR count). The van der Waals surface area contributed by atoms with E-state index in [4.69, 9.17) is 0 Å². The highest BCUT2D eigenvalue weighted by Crippen LogP contribution is 2.64. The molecule has 1 aromatic rings. The Bertz CT molecular complexity index is 1310. The first-order valence-electron chi connectivity index (χ1n) is 13.5. The first kappa shape index (κ1) is 29.7. The van der Waals surface area contributed by atoms with Crippen LogP contribution in [0.25, 0.3) is 0 Å². The van der Waals surface area contributed by atoms with E-state index in [9.17, 15) is 32.7 Å². The third kappa shape index (κ3) is 6.35. The van der Waals surface area contributed by atoms with Crippen LogP contribution in [0.1, 0.15) is 61.9 Å². The summed E-state index contributed by atoms with van der Waals surface area (Å²) in [6, 6.07) is 4.91. The smallest absolute Gasteiger partial charge is 0.323 e. The van der Waals surface area contributed by atoms with Gasteiger partial charge in [-0.25, -0.2) is 8.42 Å². The molecule has 1 aromatic carbocycles. The normalized spacial score (nSPS) is 24.1. The SMILES string of the molecule is CC1(C)[C@H]2CC[C@]1(CS(=O)(=O)N[C@@H](CNC(=O)c1ccc(CCC(=O)NC3=NCCCN3)cc1)C(=O)O)C(=O)C2. The molecule has 0 unspecified atom stereocenters. The van der Waals surface area contributed by atoms with Crippen molar-refractivity contribution in [3.05, 3.63) is 35.4 Å². The van der Waals surface area contributed by atoms with Gasteiger partial charge in [-0.2, -0.15) is 4.72 Å². The summed E-state index contributed by atoms with van der Waals surface area (Å²) in [5.41, 5.74) is -0.420. The number of Topliss-reactive ketones (excluding diaryl/α,β-unsaturated/α-hetero) is 1. The topological polar surface area (TPSA) is 183 Å². The average molecular weight is 576 g/mol. The number of carbonyl (C=O) groups is 4. The molecule has 2 bridgehead atoms. The number of hydrogen-bond acceptors (Lipinski definition) is 8. The molecule has 218 valence electrons. The third-order valence-electron chi connectivity index (χ3n) is 8.67. The summed E-state index contributed by atoms with van der Waals surface area (Å²) in [7, 11) is -4.15. The Kier molecular flexibility index (Phi) is 8.64. The summed E-state index contributed by atoms with van der Waals surface area (Å²) in [6.07, 6.45) is 3.19. The number of rotatable bonds is 11. The number of aryl methyl sites for hydroxylation is 1. The number of fused-ring (bicyclic) bond motifs is 2. The number of amides is 2. The highest BCUT2D eigenvalue weighted by molar-refractivity contribution is 7.89. The number of nitrogens with one attached hydrogen (secondary N) is 4. The Morgan fingerprint density at radius 3 is 2.50 bits per heavy atom. The second-order valence-corrected chi connectivity index (χ2v) is 13.2. The summed E-state index contributed by atoms with van der Waals surface area (Å²) in [5, 5.41) is 17.8. The van der Waals surface area contributed by atoms with Crippen LogP contribution < -0.4 is 20.7 Å². The molecule has 0 saturated heterocycles. The molecule has 3 aliphatic rings. The number of guanidine groups is 1. The quantitative estimate of drug-likeness (QED) is 0.254. The van der Waals surface area contributed by atoms with Gasteiger partial charge in [-0.3, -0.25) is 29.5 Å². The Labute approximate surface area is 233 Å². The molecule has 3 atom stereocenters. The van der Waals surface area contributed by atoms with Crippen LogP contribution in [-0.2, 0) is 30.8 Å². The Morgan fingerprint density at radius 1 is 1.20 bits per heavy atom. The van der Waals surface area contributed by atoms with E-state index < -0.39 is 51.1 Å². The molecule has 2 aliphatic carbocycles. The zero-order valence-corrected chi connectivity index (χ0v) is 23.6. The lowest BCUT2D eigenvalue weighted by Crippen LogP contribution is -2.52. The van der Waals surface area contributed by atoms with Crippen LogP contribution in [0.5, 0.6) is 0 Å². The molecule has 0 aromatic heterocycles. The molecular weight excluding hydrogens is 538 g/mol. The molecular formula is C27H37N5O7S. The summed E-state index contributed by atoms with van der Waals surface area (Å²) < 4.78 is 28.2. The maximum atomic E-state index is 13.0. The number of carboxylic acid groups (broad SMARTS) is 1. The van der Waals surface area contributed by atoms with E-state index in [0.717, 1.165) is 24.9 Å². The molecule has 2 amide bonds. The van der Waals surface area contributed by atoms with E-state index in [1.165, 1.54) is 0 Å². The number of carbonyl (C=O) groups excluding carboxylic acids is 3. The van der Waals surface area contributed by atoms with Gasteiger partial charge in [0.15, 0.2) is 5.96 Å². The Hall–Kier alpha value is -3.32. The maximum absolute atomic E-state index is 13.0. The minimum atomic E-state index is -4.15. The molecule has 40 heavy (non-hydrogen) atoms. The van der Waals surface area contributed by atoms with E-state index in [2.05, 4.69) is 25.7 Å². The van der Waals surface area contributed by atoms with Crippen molar-refractivity contribution in [3.63, 3.8) is 0 Å². The zero-order valence-electron chi connectivity index (χ0n) is 22.8. The first-order valence-corrected chi connectivity index (χ1v) is 15.2. The van der Waals surface area contributed by atoms with Gasteiger partial charge in [0.2, 0.25) is 15.9 Å². The van der Waals surface area contributed by atoms with Gasteiger partial charge in [0.05, 0.1) is 5.75 Å². The van der Waals surface area contributed by atoms with Gasteiger partial charge in [0.1, 0.15) is 11.8 Å². The number of carboxylic acids is 1. The van der Waals surface area contributed by atoms with Gasteiger partial charge in [-0.15, -0.1) is 0 Å². The first-order chi connectivity index (χ1) is 18.8. The summed E-state index contributed by atoms with van der Waals surface area (Å²) in [5.74, 6) is -2.13. The molecule has 2 fully saturated rings. The van der Waals surface area contributed by atoms with Gasteiger partial charge in [-0.1, -0.05) is 26.0 Å². The Morgan fingerprint density at radius 2 is 1.93 bits per heavy atom. The van der Waals surface area contributed by atoms with Crippen LogP contribution in [-0.4, -0.2) is 74.5 Å². The van der Waals surface area contributed by atoms with Crippen molar-refractivity contribution in [1.82, 2.24) is 20.7 Å². The zero-order chi connectivity index (χ0) is 29.1. The van der Waals surface area contributed by atoms with Gasteiger partial charge in [-0.05, 0) is 54.7 Å². The van der Waals surface area contributed by atoms with Crippen LogP contribution >= 0.6 is 0 Å². The predicted octanol–water partition coefficient (Wildman–Crippen LogP) is 0.583. The van der Waals surface area contributed by atoms with Crippen molar-refractivity contribution in [2.24, 2.45) is 21.7 Å². The predicted molar refractivity (Wildman–Crippen MR) is 147 cm³/mol. The third-order valence-corrected chi connectivity index (χ3v) is 10.2. The van der Waals surface area contributed by atoms with Crippen molar-refractivity contribution in [2.45, 2.75) is 58.4 Å². The fourth-order valence-electron chi connectivity index (χ4n) is 6.06. The monoisotopic (exact) mass is 575 g/mol. The van der Waals surface area contributed by atoms with E-state index in [1.54, 1.807) is 24.3 Å².